The summed E-state index contributed by atoms with van der Waals surface area (Å²) in [6, 6.07) is 41.3. The molecule has 1 aliphatic heterocycles. The van der Waals surface area contributed by atoms with Crippen LogP contribution in [0, 0.1) is 0 Å². The Kier molecular flexibility index (Phi) is 5.13. The summed E-state index contributed by atoms with van der Waals surface area (Å²) in [4.78, 5) is 0. The molecule has 0 saturated carbocycles. The van der Waals surface area contributed by atoms with Crippen LogP contribution in [0.2, 0.25) is 0 Å². The van der Waals surface area contributed by atoms with E-state index >= 15 is 0 Å². The zero-order valence-electron chi connectivity index (χ0n) is 23.8. The van der Waals surface area contributed by atoms with E-state index in [1.54, 1.807) is 0 Å². The Hall–Kier alpha value is -4.32. The first-order chi connectivity index (χ1) is 19.8. The maximum Gasteiger partial charge on any atom is 0.494 e. The number of para-hydroxylation sites is 4. The minimum Gasteiger partial charge on any atom is -0.399 e. The zero-order chi connectivity index (χ0) is 27.9. The molecule has 4 nitrogen and oxygen atoms in total. The minimum absolute atomic E-state index is 0.388. The van der Waals surface area contributed by atoms with Gasteiger partial charge in [0.05, 0.1) is 39.0 Å². The number of nitrogens with zero attached hydrogens (tertiary/aromatic N) is 2. The van der Waals surface area contributed by atoms with Gasteiger partial charge < -0.3 is 18.4 Å². The molecule has 0 unspecified atom stereocenters. The summed E-state index contributed by atoms with van der Waals surface area (Å²) >= 11 is 0. The molecule has 2 aromatic heterocycles. The Morgan fingerprint density at radius 3 is 1.78 bits per heavy atom. The van der Waals surface area contributed by atoms with Crippen LogP contribution in [0.3, 0.4) is 0 Å². The molecule has 1 saturated heterocycles. The molecule has 0 aliphatic carbocycles. The maximum absolute atomic E-state index is 6.43. The molecule has 8 rings (SSSR count). The monoisotopic (exact) mass is 534 g/mol. The summed E-state index contributed by atoms with van der Waals surface area (Å²) in [7, 11) is -0.407. The third-order valence-corrected chi connectivity index (χ3v) is 9.15. The average Bonchev–Trinajstić information content (AvgIpc) is 3.57. The van der Waals surface area contributed by atoms with E-state index in [9.17, 15) is 0 Å². The van der Waals surface area contributed by atoms with Gasteiger partial charge in [-0.3, -0.25) is 0 Å². The first-order valence-electron chi connectivity index (χ1n) is 14.3. The van der Waals surface area contributed by atoms with Crippen LogP contribution in [-0.2, 0) is 9.31 Å². The van der Waals surface area contributed by atoms with Crippen molar-refractivity contribution in [2.45, 2.75) is 38.9 Å². The van der Waals surface area contributed by atoms with Gasteiger partial charge in [0.15, 0.2) is 0 Å². The van der Waals surface area contributed by atoms with Gasteiger partial charge in [0.2, 0.25) is 0 Å². The summed E-state index contributed by atoms with van der Waals surface area (Å²) in [6.07, 6.45) is 0. The van der Waals surface area contributed by atoms with Crippen LogP contribution in [0.5, 0.6) is 0 Å². The van der Waals surface area contributed by atoms with E-state index in [1.165, 1.54) is 38.1 Å². The Balaban J connectivity index is 1.43. The predicted octanol–water partition coefficient (Wildman–Crippen LogP) is 8.18. The summed E-state index contributed by atoms with van der Waals surface area (Å²) in [5, 5.41) is 4.88. The van der Waals surface area contributed by atoms with Crippen LogP contribution >= 0.6 is 0 Å². The fourth-order valence-corrected chi connectivity index (χ4v) is 6.40. The second kappa shape index (κ2) is 8.59. The van der Waals surface area contributed by atoms with Crippen molar-refractivity contribution in [3.63, 3.8) is 0 Å². The van der Waals surface area contributed by atoms with E-state index in [1.807, 2.05) is 0 Å². The highest BCUT2D eigenvalue weighted by Gasteiger charge is 2.51. The molecule has 0 N–H and O–H groups in total. The lowest BCUT2D eigenvalue weighted by molar-refractivity contribution is 0.00578. The fraction of sp³-hybridized carbons (Fsp3) is 0.167. The molecule has 0 amide bonds. The van der Waals surface area contributed by atoms with Gasteiger partial charge in [-0.1, -0.05) is 78.9 Å². The molecular formula is C36H31BN2O2. The van der Waals surface area contributed by atoms with Crippen LogP contribution in [-0.4, -0.2) is 27.5 Å². The highest BCUT2D eigenvalue weighted by atomic mass is 16.7. The van der Waals surface area contributed by atoms with Gasteiger partial charge in [0.25, 0.3) is 0 Å². The predicted molar refractivity (Wildman–Crippen MR) is 171 cm³/mol. The second-order valence-electron chi connectivity index (χ2n) is 12.1. The number of fused-ring (bicyclic) bond motifs is 6. The van der Waals surface area contributed by atoms with E-state index in [0.717, 1.165) is 22.4 Å². The lowest BCUT2D eigenvalue weighted by Gasteiger charge is -2.32. The summed E-state index contributed by atoms with van der Waals surface area (Å²) in [5.41, 5.74) is 7.28. The van der Waals surface area contributed by atoms with Crippen LogP contribution in [0.4, 0.5) is 0 Å². The maximum atomic E-state index is 6.43. The average molecular weight is 534 g/mol. The fourth-order valence-electron chi connectivity index (χ4n) is 6.40. The van der Waals surface area contributed by atoms with Gasteiger partial charge in [-0.25, -0.2) is 0 Å². The van der Waals surface area contributed by atoms with E-state index in [0.29, 0.717) is 0 Å². The Bertz CT molecular complexity index is 2100. The van der Waals surface area contributed by atoms with Crippen LogP contribution in [0.1, 0.15) is 27.7 Å². The molecule has 1 fully saturated rings. The van der Waals surface area contributed by atoms with Crippen LogP contribution in [0.15, 0.2) is 115 Å². The van der Waals surface area contributed by atoms with Crippen molar-refractivity contribution >= 4 is 56.2 Å². The molecule has 0 spiro atoms. The normalized spacial score (nSPS) is 16.4. The molecule has 0 atom stereocenters. The van der Waals surface area contributed by atoms with Crippen molar-refractivity contribution in [1.29, 1.82) is 0 Å². The molecule has 1 aliphatic rings. The smallest absolute Gasteiger partial charge is 0.399 e. The minimum atomic E-state index is -0.407. The molecule has 41 heavy (non-hydrogen) atoms. The van der Waals surface area contributed by atoms with Crippen molar-refractivity contribution in [1.82, 2.24) is 9.13 Å². The van der Waals surface area contributed by atoms with Gasteiger partial charge >= 0.3 is 7.12 Å². The van der Waals surface area contributed by atoms with E-state index in [2.05, 4.69) is 152 Å². The first kappa shape index (κ1) is 24.5. The van der Waals surface area contributed by atoms with E-state index < -0.39 is 7.12 Å². The lowest BCUT2D eigenvalue weighted by Crippen LogP contribution is -2.41. The standard InChI is InChI=1S/C36H31BN2O2/c1-35(2)36(3,4)41-37(40-35)24-21-22-32-29(23-24)27-16-9-11-19-31(27)39(32)33-20-12-17-28-26-15-8-10-18-30(26)38(34(28)33)25-13-6-5-7-14-25/h5-23H,1-4H3. The molecule has 3 heterocycles. The summed E-state index contributed by atoms with van der Waals surface area (Å²) in [5.74, 6) is 0. The largest absolute Gasteiger partial charge is 0.494 e. The molecule has 5 heteroatoms. The van der Waals surface area contributed by atoms with Crippen molar-refractivity contribution in [3.05, 3.63) is 115 Å². The third kappa shape index (κ3) is 3.49. The first-order valence-corrected chi connectivity index (χ1v) is 14.3. The topological polar surface area (TPSA) is 28.3 Å². The quantitative estimate of drug-likeness (QED) is 0.214. The van der Waals surface area contributed by atoms with Gasteiger partial charge in [-0.2, -0.15) is 0 Å². The van der Waals surface area contributed by atoms with Crippen molar-refractivity contribution in [3.8, 4) is 11.4 Å². The summed E-state index contributed by atoms with van der Waals surface area (Å²) < 4.78 is 17.7. The number of aromatic nitrogens is 2. The summed E-state index contributed by atoms with van der Waals surface area (Å²) in [6.45, 7) is 8.40. The molecule has 0 bridgehead atoms. The van der Waals surface area contributed by atoms with Crippen molar-refractivity contribution in [2.24, 2.45) is 0 Å². The number of hydrogen-bond donors (Lipinski definition) is 0. The second-order valence-corrected chi connectivity index (χ2v) is 12.1. The third-order valence-electron chi connectivity index (χ3n) is 9.15. The molecular weight excluding hydrogens is 503 g/mol. The van der Waals surface area contributed by atoms with E-state index in [-0.39, 0.29) is 11.2 Å². The highest BCUT2D eigenvalue weighted by molar-refractivity contribution is 6.62. The molecule has 5 aromatic carbocycles. The Morgan fingerprint density at radius 2 is 1.07 bits per heavy atom. The zero-order valence-corrected chi connectivity index (χ0v) is 23.8. The molecule has 0 radical (unpaired) electrons. The van der Waals surface area contributed by atoms with Crippen molar-refractivity contribution in [2.75, 3.05) is 0 Å². The van der Waals surface area contributed by atoms with Gasteiger partial charge in [-0.05, 0) is 69.6 Å². The molecule has 200 valence electrons. The Labute approximate surface area is 239 Å². The highest BCUT2D eigenvalue weighted by Crippen LogP contribution is 2.40. The lowest BCUT2D eigenvalue weighted by atomic mass is 9.78. The van der Waals surface area contributed by atoms with Gasteiger partial charge in [0.1, 0.15) is 0 Å². The Morgan fingerprint density at radius 1 is 0.512 bits per heavy atom. The van der Waals surface area contributed by atoms with Crippen LogP contribution in [0.25, 0.3) is 55.0 Å². The SMILES string of the molecule is CC1(C)OB(c2ccc3c(c2)c2ccccc2n3-c2cccc3c4ccccc4n(-c4ccccc4)c23)OC1(C)C. The van der Waals surface area contributed by atoms with Gasteiger partial charge in [-0.15, -0.1) is 0 Å². The van der Waals surface area contributed by atoms with E-state index in [4.69, 9.17) is 9.31 Å². The number of benzene rings is 5. The van der Waals surface area contributed by atoms with Crippen molar-refractivity contribution < 1.29 is 9.31 Å². The number of hydrogen-bond acceptors (Lipinski definition) is 2. The van der Waals surface area contributed by atoms with Gasteiger partial charge in [0, 0.05) is 27.2 Å². The molecule has 7 aromatic rings. The van der Waals surface area contributed by atoms with Crippen LogP contribution < -0.4 is 5.46 Å². The number of rotatable bonds is 3.